The van der Waals surface area contributed by atoms with Gasteiger partial charge in [-0.15, -0.1) is 23.7 Å². The van der Waals surface area contributed by atoms with E-state index in [0.29, 0.717) is 18.8 Å². The van der Waals surface area contributed by atoms with Crippen LogP contribution in [0, 0.1) is 0 Å². The van der Waals surface area contributed by atoms with Gasteiger partial charge in [-0.25, -0.2) is 4.98 Å². The zero-order valence-electron chi connectivity index (χ0n) is 11.6. The number of rotatable bonds is 5. The molecule has 114 valence electrons. The molecule has 2 rings (SSSR count). The van der Waals surface area contributed by atoms with Crippen molar-refractivity contribution in [1.29, 1.82) is 0 Å². The summed E-state index contributed by atoms with van der Waals surface area (Å²) in [6, 6.07) is 7.46. The molecule has 5 nitrogen and oxygen atoms in total. The summed E-state index contributed by atoms with van der Waals surface area (Å²) in [5.41, 5.74) is 7.69. The van der Waals surface area contributed by atoms with E-state index in [9.17, 15) is 9.90 Å². The highest BCUT2D eigenvalue weighted by molar-refractivity contribution is 7.09. The number of amides is 1. The van der Waals surface area contributed by atoms with E-state index in [0.717, 1.165) is 16.1 Å². The van der Waals surface area contributed by atoms with Crippen LogP contribution >= 0.6 is 23.7 Å². The smallest absolute Gasteiger partial charge is 0.271 e. The fraction of sp³-hybridized carbons (Fsp3) is 0.286. The maximum absolute atomic E-state index is 11.9. The second-order valence-electron chi connectivity index (χ2n) is 4.43. The topological polar surface area (TPSA) is 88.2 Å². The second kappa shape index (κ2) is 8.09. The van der Waals surface area contributed by atoms with E-state index in [1.807, 2.05) is 24.3 Å². The van der Waals surface area contributed by atoms with Crippen LogP contribution in [-0.2, 0) is 13.1 Å². The highest BCUT2D eigenvalue weighted by Crippen LogP contribution is 2.13. The maximum Gasteiger partial charge on any atom is 0.271 e. The molecule has 0 saturated carbocycles. The van der Waals surface area contributed by atoms with E-state index in [4.69, 9.17) is 5.73 Å². The third-order valence-electron chi connectivity index (χ3n) is 2.87. The molecule has 7 heteroatoms. The molecule has 0 spiro atoms. The molecule has 0 fully saturated rings. The Kier molecular flexibility index (Phi) is 6.77. The number of carbonyl (C=O) groups excluding carboxylic acids is 1. The van der Waals surface area contributed by atoms with Crippen LogP contribution in [0.4, 0.5) is 0 Å². The van der Waals surface area contributed by atoms with Crippen molar-refractivity contribution in [3.63, 3.8) is 0 Å². The standard InChI is InChI=1S/C14H17N3O2S.ClH/c1-9(18)11-4-2-10(3-5-11)7-16-14(19)12-8-20-13(6-15)17-12;/h2-5,8-9,18H,6-7,15H2,1H3,(H,16,19);1H. The number of benzene rings is 1. The summed E-state index contributed by atoms with van der Waals surface area (Å²) < 4.78 is 0. The van der Waals surface area contributed by atoms with Gasteiger partial charge in [-0.1, -0.05) is 24.3 Å². The zero-order chi connectivity index (χ0) is 14.5. The van der Waals surface area contributed by atoms with E-state index in [1.165, 1.54) is 11.3 Å². The predicted octanol–water partition coefficient (Wildman–Crippen LogP) is 2.01. The Morgan fingerprint density at radius 1 is 1.43 bits per heavy atom. The van der Waals surface area contributed by atoms with Gasteiger partial charge in [0.15, 0.2) is 0 Å². The van der Waals surface area contributed by atoms with Gasteiger partial charge in [-0.3, -0.25) is 4.79 Å². The van der Waals surface area contributed by atoms with Gasteiger partial charge in [-0.2, -0.15) is 0 Å². The molecule has 0 aliphatic carbocycles. The van der Waals surface area contributed by atoms with E-state index in [1.54, 1.807) is 12.3 Å². The first kappa shape index (κ1) is 17.6. The van der Waals surface area contributed by atoms with Gasteiger partial charge in [0, 0.05) is 18.5 Å². The molecule has 2 aromatic rings. The second-order valence-corrected chi connectivity index (χ2v) is 5.37. The molecule has 1 atom stereocenters. The SMILES string of the molecule is CC(O)c1ccc(CNC(=O)c2csc(CN)n2)cc1.Cl. The Hall–Kier alpha value is -1.47. The van der Waals surface area contributed by atoms with Crippen LogP contribution in [0.5, 0.6) is 0 Å². The molecule has 0 radical (unpaired) electrons. The number of hydrogen-bond acceptors (Lipinski definition) is 5. The van der Waals surface area contributed by atoms with E-state index >= 15 is 0 Å². The van der Waals surface area contributed by atoms with Crippen LogP contribution in [-0.4, -0.2) is 16.0 Å². The number of aromatic nitrogens is 1. The van der Waals surface area contributed by atoms with Crippen molar-refractivity contribution >= 4 is 29.7 Å². The number of hydrogen-bond donors (Lipinski definition) is 3. The molecule has 1 aromatic carbocycles. The minimum absolute atomic E-state index is 0. The van der Waals surface area contributed by atoms with Gasteiger partial charge in [0.25, 0.3) is 5.91 Å². The minimum Gasteiger partial charge on any atom is -0.389 e. The van der Waals surface area contributed by atoms with Crippen LogP contribution in [0.2, 0.25) is 0 Å². The summed E-state index contributed by atoms with van der Waals surface area (Å²) in [5.74, 6) is -0.208. The lowest BCUT2D eigenvalue weighted by Crippen LogP contribution is -2.23. The largest absolute Gasteiger partial charge is 0.389 e. The molecule has 1 amide bonds. The van der Waals surface area contributed by atoms with Crippen molar-refractivity contribution < 1.29 is 9.90 Å². The zero-order valence-corrected chi connectivity index (χ0v) is 13.2. The quantitative estimate of drug-likeness (QED) is 0.783. The first-order valence-electron chi connectivity index (χ1n) is 6.29. The number of nitrogens with one attached hydrogen (secondary N) is 1. The number of nitrogens with zero attached hydrogens (tertiary/aromatic N) is 1. The Morgan fingerprint density at radius 3 is 2.62 bits per heavy atom. The molecule has 0 aliphatic rings. The van der Waals surface area contributed by atoms with Crippen LogP contribution in [0.1, 0.15) is 39.7 Å². The first-order chi connectivity index (χ1) is 9.60. The monoisotopic (exact) mass is 327 g/mol. The Bertz CT molecular complexity index is 584. The Labute approximate surface area is 133 Å². The number of aliphatic hydroxyl groups is 1. The molecule has 1 unspecified atom stereocenters. The van der Waals surface area contributed by atoms with Crippen LogP contribution in [0.25, 0.3) is 0 Å². The maximum atomic E-state index is 11.9. The van der Waals surface area contributed by atoms with Crippen molar-refractivity contribution in [3.8, 4) is 0 Å². The average molecular weight is 328 g/mol. The Balaban J connectivity index is 0.00000220. The molecular formula is C14H18ClN3O2S. The fourth-order valence-corrected chi connectivity index (χ4v) is 2.35. The van der Waals surface area contributed by atoms with Crippen LogP contribution in [0.3, 0.4) is 0 Å². The van der Waals surface area contributed by atoms with Gasteiger partial charge >= 0.3 is 0 Å². The molecule has 1 aromatic heterocycles. The summed E-state index contributed by atoms with van der Waals surface area (Å²) in [6.07, 6.45) is -0.483. The van der Waals surface area contributed by atoms with Crippen molar-refractivity contribution in [2.24, 2.45) is 5.73 Å². The number of carbonyl (C=O) groups is 1. The normalized spacial score (nSPS) is 11.6. The fourth-order valence-electron chi connectivity index (χ4n) is 1.70. The summed E-state index contributed by atoms with van der Waals surface area (Å²) in [4.78, 5) is 16.0. The van der Waals surface area contributed by atoms with E-state index in [-0.39, 0.29) is 18.3 Å². The van der Waals surface area contributed by atoms with Gasteiger partial charge in [0.2, 0.25) is 0 Å². The number of aliphatic hydroxyl groups excluding tert-OH is 1. The lowest BCUT2D eigenvalue weighted by Gasteiger charge is -2.07. The van der Waals surface area contributed by atoms with Crippen LogP contribution < -0.4 is 11.1 Å². The predicted molar refractivity (Wildman–Crippen MR) is 85.5 cm³/mol. The molecule has 4 N–H and O–H groups in total. The lowest BCUT2D eigenvalue weighted by molar-refractivity contribution is 0.0946. The molecule has 0 aliphatic heterocycles. The minimum atomic E-state index is -0.483. The van der Waals surface area contributed by atoms with Crippen molar-refractivity contribution in [3.05, 3.63) is 51.5 Å². The summed E-state index contributed by atoms with van der Waals surface area (Å²) in [7, 11) is 0. The number of halogens is 1. The summed E-state index contributed by atoms with van der Waals surface area (Å²) in [5, 5.41) is 14.7. The summed E-state index contributed by atoms with van der Waals surface area (Å²) >= 11 is 1.38. The molecule has 21 heavy (non-hydrogen) atoms. The van der Waals surface area contributed by atoms with E-state index in [2.05, 4.69) is 10.3 Å². The van der Waals surface area contributed by atoms with Crippen LogP contribution in [0.15, 0.2) is 29.6 Å². The number of nitrogens with two attached hydrogens (primary N) is 1. The first-order valence-corrected chi connectivity index (χ1v) is 7.17. The van der Waals surface area contributed by atoms with Crippen molar-refractivity contribution in [2.45, 2.75) is 26.1 Å². The molecule has 1 heterocycles. The van der Waals surface area contributed by atoms with Crippen molar-refractivity contribution in [1.82, 2.24) is 10.3 Å². The van der Waals surface area contributed by atoms with Gasteiger partial charge in [0.05, 0.1) is 6.10 Å². The Morgan fingerprint density at radius 2 is 2.10 bits per heavy atom. The highest BCUT2D eigenvalue weighted by Gasteiger charge is 2.09. The molecular weight excluding hydrogens is 310 g/mol. The third-order valence-corrected chi connectivity index (χ3v) is 3.75. The highest BCUT2D eigenvalue weighted by atomic mass is 35.5. The summed E-state index contributed by atoms with van der Waals surface area (Å²) in [6.45, 7) is 2.49. The van der Waals surface area contributed by atoms with Gasteiger partial charge in [0.1, 0.15) is 10.7 Å². The number of thiazole rings is 1. The third kappa shape index (κ3) is 4.78. The molecule has 0 bridgehead atoms. The lowest BCUT2D eigenvalue weighted by atomic mass is 10.1. The van der Waals surface area contributed by atoms with Gasteiger partial charge in [-0.05, 0) is 18.1 Å². The molecule has 0 saturated heterocycles. The van der Waals surface area contributed by atoms with E-state index < -0.39 is 6.10 Å². The average Bonchev–Trinajstić information content (AvgIpc) is 2.94. The van der Waals surface area contributed by atoms with Crippen molar-refractivity contribution in [2.75, 3.05) is 0 Å². The van der Waals surface area contributed by atoms with Gasteiger partial charge < -0.3 is 16.2 Å².